The highest BCUT2D eigenvalue weighted by Gasteiger charge is 2.52. The monoisotopic (exact) mass is 1580 g/mol. The average Bonchev–Trinajstić information content (AvgIpc) is 1.09. The van der Waals surface area contributed by atoms with Crippen LogP contribution in [0.2, 0.25) is 5.04 Å². The van der Waals surface area contributed by atoms with Gasteiger partial charge in [0.25, 0.3) is 19.4 Å². The van der Waals surface area contributed by atoms with Crippen molar-refractivity contribution in [2.24, 2.45) is 0 Å². The van der Waals surface area contributed by atoms with Gasteiger partial charge in [-0.25, -0.2) is 38.1 Å². The van der Waals surface area contributed by atoms with E-state index in [9.17, 15) is 32.7 Å². The number of aliphatic hydroxyl groups excluding tert-OH is 1. The standard InChI is InChI=1S/C39H41FN4O3SSi.C23H23FN4O3S.C23H21FN4O2S/c1-25-23-33-35(48-26(2)41-33)24-32(25)43-38-42-31(36(46-6)37(45)44-38)21-22-34(27-17-19-28(40)20-18-27)47-49(39(3,4)5,29-13-9-7-10-14-29)30-15-11-8-12-16-30;1-12-10-18-20(32-13(2)25-18)11-17(12)27-23-26-16(21(31-3)22(30)28-23)8-9-19(29)14-4-6-15(24)7-5-14;1-12-10-17-20(31-13(2)25-17)11-16(12)26-23-27-22(29)21(30-3)19-9-8-18(28(19)23)14-4-6-15(24)7-5-14/h7-20,23-24,34H,21-22H2,1-6H3,(H2,42,43,44,45);4-7,10-11,19,29H,8-9H2,1-3H3,(H2,26,27,28,30);4-7,10-11,18H,8-9H2,1-3H3,(H,26,27,29). The molecule has 1 aliphatic rings. The molecule has 0 radical (unpaired) electrons. The lowest BCUT2D eigenvalue weighted by Crippen LogP contribution is -2.66. The first kappa shape index (κ1) is 78.9. The quantitative estimate of drug-likeness (QED) is 0.0345. The van der Waals surface area contributed by atoms with Gasteiger partial charge < -0.3 is 44.3 Å². The number of aromatic nitrogens is 9. The number of hydrogen-bond acceptors (Lipinski definition) is 20. The molecule has 0 spiro atoms. The minimum atomic E-state index is -3.00. The molecule has 0 aliphatic carbocycles. The Morgan fingerprint density at radius 3 is 1.37 bits per heavy atom. The highest BCUT2D eigenvalue weighted by molar-refractivity contribution is 7.19. The summed E-state index contributed by atoms with van der Waals surface area (Å²) in [5.74, 6) is 0.615. The predicted molar refractivity (Wildman–Crippen MR) is 444 cm³/mol. The Kier molecular flexibility index (Phi) is 23.8. The Morgan fingerprint density at radius 2 is 0.938 bits per heavy atom. The smallest absolute Gasteiger partial charge is 0.317 e. The van der Waals surface area contributed by atoms with Crippen molar-refractivity contribution in [2.45, 2.75) is 124 Å². The summed E-state index contributed by atoms with van der Waals surface area (Å²) < 4.78 is 69.8. The van der Waals surface area contributed by atoms with E-state index in [2.05, 4.69) is 120 Å². The van der Waals surface area contributed by atoms with Gasteiger partial charge in [0, 0.05) is 17.1 Å². The number of hydrogen-bond donors (Lipinski definition) is 6. The minimum absolute atomic E-state index is 0.0743. The number of ether oxygens (including phenoxy) is 3. The van der Waals surface area contributed by atoms with Crippen LogP contribution >= 0.6 is 34.0 Å². The summed E-state index contributed by atoms with van der Waals surface area (Å²) >= 11 is 4.83. The molecular weight excluding hydrogens is 1500 g/mol. The topological polar surface area (TPSA) is 258 Å². The van der Waals surface area contributed by atoms with E-state index in [0.29, 0.717) is 61.0 Å². The fourth-order valence-electron chi connectivity index (χ4n) is 14.4. The first-order valence-corrected chi connectivity index (χ1v) is 40.8. The van der Waals surface area contributed by atoms with Crippen LogP contribution in [-0.4, -0.2) is 79.2 Å². The molecule has 3 atom stereocenters. The molecule has 0 saturated carbocycles. The minimum Gasteiger partial charge on any atom is -0.490 e. The normalized spacial score (nSPS) is 13.2. The van der Waals surface area contributed by atoms with E-state index in [1.54, 1.807) is 58.3 Å². The molecule has 1 aliphatic heterocycles. The van der Waals surface area contributed by atoms with Gasteiger partial charge in [-0.2, -0.15) is 4.98 Å². The van der Waals surface area contributed by atoms with Gasteiger partial charge in [-0.15, -0.1) is 34.0 Å². The van der Waals surface area contributed by atoms with E-state index in [1.807, 2.05) is 94.6 Å². The number of nitrogens with zero attached hydrogens (tertiary/aromatic N) is 7. The number of fused-ring (bicyclic) bond motifs is 4. The predicted octanol–water partition coefficient (Wildman–Crippen LogP) is 17.6. The third kappa shape index (κ3) is 17.3. The second-order valence-electron chi connectivity index (χ2n) is 28.4. The van der Waals surface area contributed by atoms with Gasteiger partial charge in [0.2, 0.25) is 35.1 Å². The molecule has 576 valence electrons. The fraction of sp³-hybridized carbons (Fsp3) is 0.259. The van der Waals surface area contributed by atoms with E-state index < -0.39 is 31.6 Å². The summed E-state index contributed by atoms with van der Waals surface area (Å²) in [5, 5.41) is 25.3. The summed E-state index contributed by atoms with van der Waals surface area (Å²) in [6.07, 6.45) is 1.60. The lowest BCUT2D eigenvalue weighted by Gasteiger charge is -2.45. The number of methoxy groups -OCH3 is 3. The summed E-state index contributed by atoms with van der Waals surface area (Å²) in [6, 6.07) is 51.5. The Labute approximate surface area is 658 Å². The van der Waals surface area contributed by atoms with E-state index in [4.69, 9.17) is 23.6 Å². The number of aryl methyl sites for hydroxylation is 8. The van der Waals surface area contributed by atoms with Gasteiger partial charge in [-0.1, -0.05) is 118 Å². The van der Waals surface area contributed by atoms with Crippen molar-refractivity contribution in [2.75, 3.05) is 37.3 Å². The van der Waals surface area contributed by atoms with Crippen LogP contribution in [0.4, 0.5) is 48.1 Å². The van der Waals surface area contributed by atoms with Crippen molar-refractivity contribution in [1.82, 2.24) is 44.4 Å². The number of benzene rings is 8. The molecule has 0 saturated heterocycles. The van der Waals surface area contributed by atoms with Crippen molar-refractivity contribution < 1.29 is 36.9 Å². The number of nitrogens with one attached hydrogen (secondary N) is 5. The first-order valence-electron chi connectivity index (χ1n) is 36.5. The van der Waals surface area contributed by atoms with Gasteiger partial charge in [-0.05, 0) is 202 Å². The van der Waals surface area contributed by atoms with Crippen LogP contribution in [0.5, 0.6) is 17.2 Å². The van der Waals surface area contributed by atoms with Crippen LogP contribution < -0.4 is 57.2 Å². The number of H-pyrrole nitrogens is 2. The molecule has 15 rings (SSSR count). The number of aliphatic hydroxyl groups is 1. The maximum absolute atomic E-state index is 14.2. The van der Waals surface area contributed by atoms with Crippen LogP contribution in [-0.2, 0) is 23.7 Å². The SMILES string of the molecule is COc1c(CCC(O)c2ccc(F)cc2)nc(Nc2cc3sc(C)nc3cc2C)[nH]c1=O.COc1c(CCC(O[Si](c2ccccc2)(c2ccccc2)C(C)(C)C)c2ccc(F)cc2)nc(Nc2cc3sc(C)nc3cc2C)[nH]c1=O.COc1c2n(c(Nc3cc4sc(C)nc4cc3C)nc1=O)C(c1ccc(F)cc1)CC2. The van der Waals surface area contributed by atoms with Crippen LogP contribution in [0, 0.1) is 59.0 Å². The van der Waals surface area contributed by atoms with Crippen LogP contribution in [0.25, 0.3) is 30.6 Å². The molecule has 8 aromatic carbocycles. The zero-order chi connectivity index (χ0) is 79.3. The number of thiazole rings is 3. The van der Waals surface area contributed by atoms with Crippen molar-refractivity contribution in [3.8, 4) is 17.2 Å². The van der Waals surface area contributed by atoms with Crippen molar-refractivity contribution in [3.05, 3.63) is 284 Å². The number of anilines is 6. The lowest BCUT2D eigenvalue weighted by atomic mass is 10.0. The molecular formula is C85H85F3N12O8S3Si. The number of aromatic amines is 2. The molecule has 27 heteroatoms. The second kappa shape index (κ2) is 33.8. The molecule has 0 fully saturated rings. The van der Waals surface area contributed by atoms with Crippen LogP contribution in [0.3, 0.4) is 0 Å². The molecule has 6 aromatic heterocycles. The molecule has 112 heavy (non-hydrogen) atoms. The van der Waals surface area contributed by atoms with Gasteiger partial charge in [0.15, 0.2) is 0 Å². The molecule has 14 aromatic rings. The second-order valence-corrected chi connectivity index (χ2v) is 36.4. The lowest BCUT2D eigenvalue weighted by molar-refractivity contribution is 0.167. The zero-order valence-corrected chi connectivity index (χ0v) is 67.4. The summed E-state index contributed by atoms with van der Waals surface area (Å²) in [4.78, 5) is 71.4. The van der Waals surface area contributed by atoms with Gasteiger partial charge in [0.1, 0.15) is 17.5 Å². The Bertz CT molecular complexity index is 5880. The average molecular weight is 1580 g/mol. The van der Waals surface area contributed by atoms with E-state index in [-0.39, 0.29) is 57.3 Å². The van der Waals surface area contributed by atoms with Crippen molar-refractivity contribution in [1.29, 1.82) is 0 Å². The van der Waals surface area contributed by atoms with Crippen molar-refractivity contribution >= 4 is 118 Å². The fourth-order valence-corrected chi connectivity index (χ4v) is 21.6. The Balaban J connectivity index is 0.000000153. The summed E-state index contributed by atoms with van der Waals surface area (Å²) in [6.45, 7) is 18.6. The first-order chi connectivity index (χ1) is 53.8. The highest BCUT2D eigenvalue weighted by atomic mass is 32.1. The molecule has 0 amide bonds. The van der Waals surface area contributed by atoms with Gasteiger partial charge in [0.05, 0.1) is 102 Å². The Morgan fingerprint density at radius 1 is 0.527 bits per heavy atom. The van der Waals surface area contributed by atoms with Crippen molar-refractivity contribution in [3.63, 3.8) is 0 Å². The van der Waals surface area contributed by atoms with Gasteiger partial charge >= 0.3 is 5.56 Å². The van der Waals surface area contributed by atoms with E-state index >= 15 is 0 Å². The maximum atomic E-state index is 14.2. The molecule has 20 nitrogen and oxygen atoms in total. The third-order valence-corrected chi connectivity index (χ3v) is 27.6. The zero-order valence-electron chi connectivity index (χ0n) is 63.9. The van der Waals surface area contributed by atoms with Crippen LogP contribution in [0.15, 0.2) is 184 Å². The summed E-state index contributed by atoms with van der Waals surface area (Å²) in [5.41, 5.74) is 11.2. The number of rotatable bonds is 22. The van der Waals surface area contributed by atoms with E-state index in [1.165, 1.54) is 69.9 Å². The molecule has 3 unspecified atom stereocenters. The van der Waals surface area contributed by atoms with Gasteiger partial charge in [-0.3, -0.25) is 24.4 Å². The molecule has 6 N–H and O–H groups in total. The Hall–Kier alpha value is -11.2. The summed E-state index contributed by atoms with van der Waals surface area (Å²) in [7, 11) is 1.37. The molecule has 0 bridgehead atoms. The molecule has 7 heterocycles. The highest BCUT2D eigenvalue weighted by Crippen LogP contribution is 2.43. The number of halogens is 3. The largest absolute Gasteiger partial charge is 0.490 e. The maximum Gasteiger partial charge on any atom is 0.317 e. The third-order valence-electron chi connectivity index (χ3n) is 19.7. The van der Waals surface area contributed by atoms with E-state index in [0.717, 1.165) is 113 Å². The van der Waals surface area contributed by atoms with Crippen LogP contribution in [0.1, 0.15) is 124 Å².